The molecule has 0 radical (unpaired) electrons. The topological polar surface area (TPSA) is 27.7 Å². The lowest BCUT2D eigenvalue weighted by Gasteiger charge is -2.43. The van der Waals surface area contributed by atoms with Crippen LogP contribution in [-0.2, 0) is 13.9 Å². The molecule has 2 heterocycles. The predicted molar refractivity (Wildman–Crippen MR) is 106 cm³/mol. The maximum Gasteiger partial charge on any atom is 0.261 e. The van der Waals surface area contributed by atoms with Gasteiger partial charge in [-0.05, 0) is 21.5 Å². The number of rotatable bonds is 5. The molecule has 3 atom stereocenters. The molecule has 0 saturated carbocycles. The van der Waals surface area contributed by atoms with Gasteiger partial charge < -0.3 is 13.9 Å². The van der Waals surface area contributed by atoms with E-state index in [1.807, 2.05) is 6.08 Å². The van der Waals surface area contributed by atoms with Crippen LogP contribution in [0.2, 0.25) is 5.04 Å². The van der Waals surface area contributed by atoms with Crippen molar-refractivity contribution in [2.45, 2.75) is 44.3 Å². The Labute approximate surface area is 156 Å². The third-order valence-electron chi connectivity index (χ3n) is 5.31. The molecular formula is C22H26O3Si. The van der Waals surface area contributed by atoms with Crippen LogP contribution in [0.3, 0.4) is 0 Å². The molecule has 2 aliphatic heterocycles. The molecule has 4 heteroatoms. The van der Waals surface area contributed by atoms with Gasteiger partial charge in [-0.3, -0.25) is 0 Å². The number of benzene rings is 2. The summed E-state index contributed by atoms with van der Waals surface area (Å²) in [5.41, 5.74) is 0. The summed E-state index contributed by atoms with van der Waals surface area (Å²) in [6.07, 6.45) is 3.84. The Bertz CT molecular complexity index is 727. The van der Waals surface area contributed by atoms with E-state index in [2.05, 4.69) is 87.5 Å². The standard InChI is InChI=1S/C22H26O3Si/c1-22(2,3)26(17-10-6-4-7-11-17,18-12-8-5-9-13-18)23-16-20-19-14-15-21(24-19)25-20/h4-15,19-21H,16H2,1-3H3/t19-,20+,21-/m0/s1. The minimum atomic E-state index is -2.50. The van der Waals surface area contributed by atoms with Crippen molar-refractivity contribution >= 4 is 18.7 Å². The molecule has 3 nitrogen and oxygen atoms in total. The lowest BCUT2D eigenvalue weighted by Crippen LogP contribution is -2.67. The Morgan fingerprint density at radius 1 is 0.846 bits per heavy atom. The highest BCUT2D eigenvalue weighted by Crippen LogP contribution is 2.37. The summed E-state index contributed by atoms with van der Waals surface area (Å²) < 4.78 is 18.6. The second kappa shape index (κ2) is 6.78. The monoisotopic (exact) mass is 366 g/mol. The van der Waals surface area contributed by atoms with E-state index in [-0.39, 0.29) is 23.5 Å². The van der Waals surface area contributed by atoms with Gasteiger partial charge in [0, 0.05) is 0 Å². The SMILES string of the molecule is CC(C)(C)[Si](OC[C@H]1O[C@H]2C=C[C@@H]1O2)(c1ccccc1)c1ccccc1. The van der Waals surface area contributed by atoms with Crippen LogP contribution < -0.4 is 10.4 Å². The van der Waals surface area contributed by atoms with Crippen LogP contribution >= 0.6 is 0 Å². The van der Waals surface area contributed by atoms with Crippen molar-refractivity contribution in [3.63, 3.8) is 0 Å². The van der Waals surface area contributed by atoms with Gasteiger partial charge in [-0.25, -0.2) is 0 Å². The Morgan fingerprint density at radius 2 is 1.42 bits per heavy atom. The van der Waals surface area contributed by atoms with E-state index in [1.54, 1.807) is 0 Å². The highest BCUT2D eigenvalue weighted by molar-refractivity contribution is 6.99. The van der Waals surface area contributed by atoms with Gasteiger partial charge in [0.25, 0.3) is 8.32 Å². The van der Waals surface area contributed by atoms with Gasteiger partial charge in [0.05, 0.1) is 6.61 Å². The zero-order valence-corrected chi connectivity index (χ0v) is 16.6. The molecule has 2 aliphatic rings. The first-order valence-electron chi connectivity index (χ1n) is 9.25. The lowest BCUT2D eigenvalue weighted by atomic mass is 10.2. The van der Waals surface area contributed by atoms with Crippen molar-refractivity contribution < 1.29 is 13.9 Å². The van der Waals surface area contributed by atoms with E-state index in [9.17, 15) is 0 Å². The fourth-order valence-corrected chi connectivity index (χ4v) is 8.66. The van der Waals surface area contributed by atoms with E-state index < -0.39 is 8.32 Å². The van der Waals surface area contributed by atoms with Crippen molar-refractivity contribution in [3.05, 3.63) is 72.8 Å². The number of hydrogen-bond donors (Lipinski definition) is 0. The molecule has 2 aromatic rings. The minimum absolute atomic E-state index is 0.0122. The van der Waals surface area contributed by atoms with Crippen molar-refractivity contribution in [2.24, 2.45) is 0 Å². The molecule has 0 spiro atoms. The summed E-state index contributed by atoms with van der Waals surface area (Å²) in [7, 11) is -2.50. The zero-order chi connectivity index (χ0) is 18.2. The van der Waals surface area contributed by atoms with Gasteiger partial charge in [-0.15, -0.1) is 0 Å². The predicted octanol–water partition coefficient (Wildman–Crippen LogP) is 3.24. The van der Waals surface area contributed by atoms with Gasteiger partial charge in [0.15, 0.2) is 6.29 Å². The van der Waals surface area contributed by atoms with Crippen LogP contribution in [0.15, 0.2) is 72.8 Å². The van der Waals surface area contributed by atoms with Gasteiger partial charge in [0.2, 0.25) is 0 Å². The summed E-state index contributed by atoms with van der Waals surface area (Å²) in [4.78, 5) is 0. The van der Waals surface area contributed by atoms with Crippen LogP contribution in [-0.4, -0.2) is 33.4 Å². The molecule has 136 valence electrons. The Balaban J connectivity index is 1.74. The molecular weight excluding hydrogens is 340 g/mol. The molecule has 0 aliphatic carbocycles. The van der Waals surface area contributed by atoms with Crippen LogP contribution in [0.1, 0.15) is 20.8 Å². The molecule has 0 unspecified atom stereocenters. The average molecular weight is 367 g/mol. The van der Waals surface area contributed by atoms with E-state index in [4.69, 9.17) is 13.9 Å². The fourth-order valence-electron chi connectivity index (χ4n) is 4.09. The van der Waals surface area contributed by atoms with Crippen molar-refractivity contribution in [2.75, 3.05) is 6.61 Å². The summed E-state index contributed by atoms with van der Waals surface area (Å²) in [6.45, 7) is 7.41. The number of hydrogen-bond acceptors (Lipinski definition) is 3. The molecule has 1 fully saturated rings. The van der Waals surface area contributed by atoms with Crippen molar-refractivity contribution in [1.29, 1.82) is 0 Å². The quantitative estimate of drug-likeness (QED) is 0.601. The lowest BCUT2D eigenvalue weighted by molar-refractivity contribution is -0.0258. The summed E-state index contributed by atoms with van der Waals surface area (Å²) in [5.74, 6) is 0. The Kier molecular flexibility index (Phi) is 4.61. The van der Waals surface area contributed by atoms with E-state index >= 15 is 0 Å². The van der Waals surface area contributed by atoms with Crippen LogP contribution in [0.25, 0.3) is 0 Å². The molecule has 2 aromatic carbocycles. The van der Waals surface area contributed by atoms with E-state index in [1.165, 1.54) is 10.4 Å². The molecule has 0 N–H and O–H groups in total. The fraction of sp³-hybridized carbons (Fsp3) is 0.364. The Morgan fingerprint density at radius 3 is 1.85 bits per heavy atom. The largest absolute Gasteiger partial charge is 0.405 e. The number of fused-ring (bicyclic) bond motifs is 2. The minimum Gasteiger partial charge on any atom is -0.405 e. The average Bonchev–Trinajstić information content (AvgIpc) is 3.26. The smallest absolute Gasteiger partial charge is 0.261 e. The molecule has 4 rings (SSSR count). The molecule has 0 amide bonds. The summed E-state index contributed by atoms with van der Waals surface area (Å²) in [5, 5.41) is 2.56. The zero-order valence-electron chi connectivity index (χ0n) is 15.6. The van der Waals surface area contributed by atoms with E-state index in [0.29, 0.717) is 6.61 Å². The van der Waals surface area contributed by atoms with Gasteiger partial charge in [0.1, 0.15) is 12.2 Å². The number of ether oxygens (including phenoxy) is 2. The second-order valence-corrected chi connectivity index (χ2v) is 12.3. The highest BCUT2D eigenvalue weighted by atomic mass is 28.4. The molecule has 1 saturated heterocycles. The van der Waals surface area contributed by atoms with Gasteiger partial charge >= 0.3 is 0 Å². The first kappa shape index (κ1) is 17.7. The maximum atomic E-state index is 6.90. The highest BCUT2D eigenvalue weighted by Gasteiger charge is 2.51. The summed E-state index contributed by atoms with van der Waals surface area (Å²) in [6, 6.07) is 21.4. The third kappa shape index (κ3) is 2.97. The first-order chi connectivity index (χ1) is 12.5. The Hall–Kier alpha value is -1.72. The molecule has 0 aromatic heterocycles. The van der Waals surface area contributed by atoms with Gasteiger partial charge in [-0.1, -0.05) is 87.5 Å². The van der Waals surface area contributed by atoms with E-state index in [0.717, 1.165) is 0 Å². The second-order valence-electron chi connectivity index (χ2n) is 8.00. The summed E-state index contributed by atoms with van der Waals surface area (Å²) >= 11 is 0. The van der Waals surface area contributed by atoms with Gasteiger partial charge in [-0.2, -0.15) is 0 Å². The normalized spacial score (nSPS) is 25.0. The maximum absolute atomic E-state index is 6.90. The molecule has 2 bridgehead atoms. The third-order valence-corrected chi connectivity index (χ3v) is 10.3. The van der Waals surface area contributed by atoms with Crippen molar-refractivity contribution in [3.8, 4) is 0 Å². The van der Waals surface area contributed by atoms with Crippen LogP contribution in [0.4, 0.5) is 0 Å². The first-order valence-corrected chi connectivity index (χ1v) is 11.2. The van der Waals surface area contributed by atoms with Crippen LogP contribution in [0.5, 0.6) is 0 Å². The molecule has 26 heavy (non-hydrogen) atoms. The van der Waals surface area contributed by atoms with Crippen LogP contribution in [0, 0.1) is 0 Å². The van der Waals surface area contributed by atoms with Crippen molar-refractivity contribution in [1.82, 2.24) is 0 Å².